The molecule has 0 aliphatic heterocycles. The molecule has 1 aliphatic rings. The number of halogens is 1. The highest BCUT2D eigenvalue weighted by atomic mass is 79.9. The normalized spacial score (nSPS) is 29.5. The lowest BCUT2D eigenvalue weighted by atomic mass is 10.0. The van der Waals surface area contributed by atoms with Gasteiger partial charge in [0.1, 0.15) is 11.7 Å². The summed E-state index contributed by atoms with van der Waals surface area (Å²) in [6, 6.07) is 8.94. The van der Waals surface area contributed by atoms with Crippen molar-refractivity contribution in [1.82, 2.24) is 0 Å². The standard InChI is InChI=1S/C13H12BrNO3S/c1-2-19(17,18)12-11(13(12,7-15)8-16)9-3-5-10(14)6-4-9/h3-6,8,11-12H,2H2,1H3/t11-,12-,13-/m1/s1. The Balaban J connectivity index is 2.49. The predicted octanol–water partition coefficient (Wildman–Crippen LogP) is 2.06. The third-order valence-corrected chi connectivity index (χ3v) is 6.36. The van der Waals surface area contributed by atoms with Gasteiger partial charge in [-0.15, -0.1) is 0 Å². The van der Waals surface area contributed by atoms with Crippen LogP contribution in [0.2, 0.25) is 0 Å². The molecular formula is C13H12BrNO3S. The van der Waals surface area contributed by atoms with Gasteiger partial charge in [0.2, 0.25) is 0 Å². The van der Waals surface area contributed by atoms with Crippen molar-refractivity contribution in [3.8, 4) is 6.07 Å². The molecule has 0 unspecified atom stereocenters. The van der Waals surface area contributed by atoms with Crippen molar-refractivity contribution in [2.24, 2.45) is 5.41 Å². The van der Waals surface area contributed by atoms with E-state index in [2.05, 4.69) is 15.9 Å². The number of nitriles is 1. The summed E-state index contributed by atoms with van der Waals surface area (Å²) in [5, 5.41) is 8.29. The van der Waals surface area contributed by atoms with Crippen molar-refractivity contribution in [2.75, 3.05) is 5.75 Å². The maximum absolute atomic E-state index is 12.0. The molecule has 1 aromatic rings. The van der Waals surface area contributed by atoms with Crippen molar-refractivity contribution in [1.29, 1.82) is 5.26 Å². The Kier molecular flexibility index (Phi) is 3.54. The van der Waals surface area contributed by atoms with Crippen LogP contribution in [0.1, 0.15) is 18.4 Å². The summed E-state index contributed by atoms with van der Waals surface area (Å²) in [6.07, 6.45) is 0.484. The van der Waals surface area contributed by atoms with Crippen molar-refractivity contribution in [2.45, 2.75) is 18.1 Å². The van der Waals surface area contributed by atoms with Gasteiger partial charge < -0.3 is 4.79 Å². The largest absolute Gasteiger partial charge is 0.302 e. The van der Waals surface area contributed by atoms with E-state index < -0.39 is 26.4 Å². The number of nitrogens with zero attached hydrogens (tertiary/aromatic N) is 1. The van der Waals surface area contributed by atoms with Gasteiger partial charge in [0.15, 0.2) is 9.84 Å². The molecule has 2 rings (SSSR count). The van der Waals surface area contributed by atoms with Gasteiger partial charge in [0, 0.05) is 16.1 Å². The summed E-state index contributed by atoms with van der Waals surface area (Å²) in [4.78, 5) is 11.2. The molecule has 0 N–H and O–H groups in total. The first-order valence-corrected chi connectivity index (χ1v) is 8.28. The second-order valence-corrected chi connectivity index (χ2v) is 7.89. The SMILES string of the molecule is CCS(=O)(=O)[C@@H]1[C@@H](c2ccc(Br)cc2)[C@@]1(C#N)C=O. The van der Waals surface area contributed by atoms with E-state index in [9.17, 15) is 18.5 Å². The van der Waals surface area contributed by atoms with Crippen LogP contribution in [-0.4, -0.2) is 25.7 Å². The molecule has 1 saturated carbocycles. The monoisotopic (exact) mass is 341 g/mol. The van der Waals surface area contributed by atoms with Crippen LogP contribution in [0.3, 0.4) is 0 Å². The number of sulfone groups is 1. The Morgan fingerprint density at radius 1 is 1.42 bits per heavy atom. The van der Waals surface area contributed by atoms with Crippen LogP contribution in [0.5, 0.6) is 0 Å². The lowest BCUT2D eigenvalue weighted by Crippen LogP contribution is -2.17. The number of carbonyl (C=O) groups is 1. The minimum absolute atomic E-state index is 0.0675. The minimum Gasteiger partial charge on any atom is -0.302 e. The molecule has 0 bridgehead atoms. The Hall–Kier alpha value is -1.19. The average molecular weight is 342 g/mol. The van der Waals surface area contributed by atoms with Crippen molar-refractivity contribution >= 4 is 32.1 Å². The van der Waals surface area contributed by atoms with Crippen LogP contribution in [-0.2, 0) is 14.6 Å². The third kappa shape index (κ3) is 2.11. The first-order valence-electron chi connectivity index (χ1n) is 5.77. The van der Waals surface area contributed by atoms with Crippen LogP contribution in [0, 0.1) is 16.7 Å². The molecular weight excluding hydrogens is 330 g/mol. The summed E-state index contributed by atoms with van der Waals surface area (Å²) in [5.41, 5.74) is -0.721. The smallest absolute Gasteiger partial charge is 0.155 e. The molecule has 1 fully saturated rings. The molecule has 1 aromatic carbocycles. The van der Waals surface area contributed by atoms with E-state index in [0.717, 1.165) is 4.47 Å². The minimum atomic E-state index is -3.43. The maximum atomic E-state index is 12.0. The molecule has 0 radical (unpaired) electrons. The van der Waals surface area contributed by atoms with Gasteiger partial charge in [-0.25, -0.2) is 8.42 Å². The molecule has 6 heteroatoms. The lowest BCUT2D eigenvalue weighted by molar-refractivity contribution is -0.110. The fraction of sp³-hybridized carbons (Fsp3) is 0.385. The summed E-state index contributed by atoms with van der Waals surface area (Å²) in [6.45, 7) is 1.53. The molecule has 4 nitrogen and oxygen atoms in total. The molecule has 0 amide bonds. The molecule has 1 aliphatic carbocycles. The number of rotatable bonds is 4. The van der Waals surface area contributed by atoms with E-state index in [1.165, 1.54) is 6.92 Å². The van der Waals surface area contributed by atoms with E-state index >= 15 is 0 Å². The zero-order valence-corrected chi connectivity index (χ0v) is 12.6. The summed E-state index contributed by atoms with van der Waals surface area (Å²) < 4.78 is 24.9. The highest BCUT2D eigenvalue weighted by molar-refractivity contribution is 9.10. The van der Waals surface area contributed by atoms with E-state index in [-0.39, 0.29) is 5.75 Å². The van der Waals surface area contributed by atoms with Gasteiger partial charge >= 0.3 is 0 Å². The second kappa shape index (κ2) is 4.73. The molecule has 0 spiro atoms. The molecule has 0 heterocycles. The van der Waals surface area contributed by atoms with E-state index in [1.807, 2.05) is 6.07 Å². The van der Waals surface area contributed by atoms with Gasteiger partial charge in [-0.05, 0) is 17.7 Å². The quantitative estimate of drug-likeness (QED) is 0.785. The van der Waals surface area contributed by atoms with Crippen molar-refractivity contribution in [3.05, 3.63) is 34.3 Å². The van der Waals surface area contributed by atoms with Crippen molar-refractivity contribution < 1.29 is 13.2 Å². The fourth-order valence-electron chi connectivity index (χ4n) is 2.48. The number of hydrogen-bond donors (Lipinski definition) is 0. The second-order valence-electron chi connectivity index (χ2n) is 4.56. The Morgan fingerprint density at radius 2 is 2.00 bits per heavy atom. The Labute approximate surface area is 120 Å². The first kappa shape index (κ1) is 14.2. The average Bonchev–Trinajstić information content (AvgIpc) is 3.10. The predicted molar refractivity (Wildman–Crippen MR) is 74.2 cm³/mol. The van der Waals surface area contributed by atoms with Gasteiger partial charge in [0.25, 0.3) is 0 Å². The number of benzene rings is 1. The summed E-state index contributed by atoms with van der Waals surface area (Å²) in [7, 11) is -3.43. The highest BCUT2D eigenvalue weighted by Gasteiger charge is 2.72. The molecule has 100 valence electrons. The molecule has 19 heavy (non-hydrogen) atoms. The van der Waals surface area contributed by atoms with Crippen LogP contribution < -0.4 is 0 Å². The van der Waals surface area contributed by atoms with Gasteiger partial charge in [-0.3, -0.25) is 0 Å². The summed E-state index contributed by atoms with van der Waals surface area (Å²) >= 11 is 3.29. The number of aldehydes is 1. The van der Waals surface area contributed by atoms with Gasteiger partial charge in [-0.2, -0.15) is 5.26 Å². The zero-order chi connectivity index (χ0) is 14.3. The van der Waals surface area contributed by atoms with Crippen LogP contribution in [0.25, 0.3) is 0 Å². The molecule has 3 atom stereocenters. The fourth-order valence-corrected chi connectivity index (χ4v) is 4.67. The van der Waals surface area contributed by atoms with Gasteiger partial charge in [-0.1, -0.05) is 35.0 Å². The zero-order valence-electron chi connectivity index (χ0n) is 10.2. The summed E-state index contributed by atoms with van der Waals surface area (Å²) in [5.74, 6) is -0.629. The van der Waals surface area contributed by atoms with E-state index in [0.29, 0.717) is 11.8 Å². The topological polar surface area (TPSA) is 75.0 Å². The Morgan fingerprint density at radius 3 is 2.42 bits per heavy atom. The maximum Gasteiger partial charge on any atom is 0.155 e. The number of hydrogen-bond acceptors (Lipinski definition) is 4. The Bertz CT molecular complexity index is 647. The highest BCUT2D eigenvalue weighted by Crippen LogP contribution is 2.61. The third-order valence-electron chi connectivity index (χ3n) is 3.59. The lowest BCUT2D eigenvalue weighted by Gasteiger charge is -2.00. The molecule has 0 saturated heterocycles. The van der Waals surface area contributed by atoms with Gasteiger partial charge in [0.05, 0.1) is 11.3 Å². The van der Waals surface area contributed by atoms with Crippen molar-refractivity contribution in [3.63, 3.8) is 0 Å². The van der Waals surface area contributed by atoms with E-state index in [1.54, 1.807) is 24.3 Å². The van der Waals surface area contributed by atoms with Crippen LogP contribution >= 0.6 is 15.9 Å². The number of carbonyl (C=O) groups excluding carboxylic acids is 1. The van der Waals surface area contributed by atoms with Crippen LogP contribution in [0.4, 0.5) is 0 Å². The first-order chi connectivity index (χ1) is 8.93. The molecule has 0 aromatic heterocycles. The van der Waals surface area contributed by atoms with Crippen LogP contribution in [0.15, 0.2) is 28.7 Å². The van der Waals surface area contributed by atoms with E-state index in [4.69, 9.17) is 0 Å².